The van der Waals surface area contributed by atoms with E-state index >= 15 is 0 Å². The van der Waals surface area contributed by atoms with Crippen molar-refractivity contribution >= 4 is 11.3 Å². The third kappa shape index (κ3) is 0.827. The fourth-order valence-electron chi connectivity index (χ4n) is 1.13. The SMILES string of the molecule is CCOn1c(N)cc2ccnn21. The summed E-state index contributed by atoms with van der Waals surface area (Å²) in [6.07, 6.45) is 1.70. The predicted molar refractivity (Wildman–Crippen MR) is 44.7 cm³/mol. The van der Waals surface area contributed by atoms with Crippen molar-refractivity contribution in [3.63, 3.8) is 0 Å². The van der Waals surface area contributed by atoms with Gasteiger partial charge in [-0.3, -0.25) is 0 Å². The molecule has 0 radical (unpaired) electrons. The van der Waals surface area contributed by atoms with Gasteiger partial charge >= 0.3 is 0 Å². The molecule has 0 saturated heterocycles. The standard InChI is InChI=1S/C7H10N4O/c1-2-12-11-7(8)5-6-3-4-9-10(6)11/h3-5H,2,8H2,1H3. The highest BCUT2D eigenvalue weighted by Gasteiger charge is 2.05. The van der Waals surface area contributed by atoms with E-state index in [1.807, 2.05) is 19.1 Å². The Morgan fingerprint density at radius 2 is 2.50 bits per heavy atom. The van der Waals surface area contributed by atoms with E-state index in [-0.39, 0.29) is 0 Å². The molecule has 2 heterocycles. The van der Waals surface area contributed by atoms with Crippen LogP contribution in [0.15, 0.2) is 18.3 Å². The highest BCUT2D eigenvalue weighted by atomic mass is 16.7. The van der Waals surface area contributed by atoms with Gasteiger partial charge in [0, 0.05) is 6.07 Å². The lowest BCUT2D eigenvalue weighted by Crippen LogP contribution is -2.18. The third-order valence-corrected chi connectivity index (χ3v) is 1.59. The minimum atomic E-state index is 0.556. The molecule has 5 nitrogen and oxygen atoms in total. The molecule has 0 amide bonds. The molecule has 2 N–H and O–H groups in total. The van der Waals surface area contributed by atoms with Crippen molar-refractivity contribution in [2.24, 2.45) is 0 Å². The lowest BCUT2D eigenvalue weighted by molar-refractivity contribution is 0.0822. The highest BCUT2D eigenvalue weighted by molar-refractivity contribution is 5.53. The van der Waals surface area contributed by atoms with E-state index in [1.54, 1.807) is 10.8 Å². The van der Waals surface area contributed by atoms with E-state index < -0.39 is 0 Å². The lowest BCUT2D eigenvalue weighted by Gasteiger charge is -2.05. The van der Waals surface area contributed by atoms with Crippen molar-refractivity contribution in [1.82, 2.24) is 14.6 Å². The van der Waals surface area contributed by atoms with Gasteiger partial charge in [-0.1, -0.05) is 4.85 Å². The van der Waals surface area contributed by atoms with Crippen molar-refractivity contribution in [3.05, 3.63) is 18.3 Å². The van der Waals surface area contributed by atoms with Gasteiger partial charge in [-0.2, -0.15) is 5.10 Å². The van der Waals surface area contributed by atoms with Crippen LogP contribution in [0.2, 0.25) is 0 Å². The molecule has 12 heavy (non-hydrogen) atoms. The first kappa shape index (κ1) is 7.02. The van der Waals surface area contributed by atoms with E-state index in [9.17, 15) is 0 Å². The summed E-state index contributed by atoms with van der Waals surface area (Å²) in [7, 11) is 0. The van der Waals surface area contributed by atoms with Gasteiger partial charge in [-0.05, 0) is 13.0 Å². The summed E-state index contributed by atoms with van der Waals surface area (Å²) >= 11 is 0. The fraction of sp³-hybridized carbons (Fsp3) is 0.286. The van der Waals surface area contributed by atoms with Gasteiger partial charge in [0.1, 0.15) is 6.61 Å². The second kappa shape index (κ2) is 2.44. The Kier molecular flexibility index (Phi) is 1.43. The van der Waals surface area contributed by atoms with Crippen LogP contribution >= 0.6 is 0 Å². The van der Waals surface area contributed by atoms with E-state index in [0.29, 0.717) is 12.4 Å². The van der Waals surface area contributed by atoms with Crippen molar-refractivity contribution in [3.8, 4) is 0 Å². The third-order valence-electron chi connectivity index (χ3n) is 1.59. The van der Waals surface area contributed by atoms with Crippen LogP contribution in [0.3, 0.4) is 0 Å². The largest absolute Gasteiger partial charge is 0.395 e. The number of nitrogen functional groups attached to an aromatic ring is 1. The van der Waals surface area contributed by atoms with Gasteiger partial charge in [0.2, 0.25) is 0 Å². The van der Waals surface area contributed by atoms with Gasteiger partial charge in [-0.25, -0.2) is 0 Å². The summed E-state index contributed by atoms with van der Waals surface area (Å²) in [4.78, 5) is 6.71. The highest BCUT2D eigenvalue weighted by Crippen LogP contribution is 2.09. The summed E-state index contributed by atoms with van der Waals surface area (Å²) < 4.78 is 1.61. The number of hydrogen-bond donors (Lipinski definition) is 1. The first-order chi connectivity index (χ1) is 5.83. The summed E-state index contributed by atoms with van der Waals surface area (Å²) in [5.74, 6) is 0.556. The maximum atomic E-state index is 5.66. The number of nitrogens with zero attached hydrogens (tertiary/aromatic N) is 3. The van der Waals surface area contributed by atoms with Crippen molar-refractivity contribution in [2.75, 3.05) is 12.3 Å². The molecular formula is C7H10N4O. The zero-order valence-electron chi connectivity index (χ0n) is 6.77. The Morgan fingerprint density at radius 1 is 1.67 bits per heavy atom. The Bertz CT molecular complexity index is 389. The normalized spacial score (nSPS) is 10.8. The summed E-state index contributed by atoms with van der Waals surface area (Å²) in [5.41, 5.74) is 6.59. The van der Waals surface area contributed by atoms with Gasteiger partial charge in [0.15, 0.2) is 5.82 Å². The maximum absolute atomic E-state index is 5.66. The Labute approximate surface area is 69.3 Å². The summed E-state index contributed by atoms with van der Waals surface area (Å²) in [5, 5.41) is 4.03. The number of rotatable bonds is 2. The van der Waals surface area contributed by atoms with Crippen LogP contribution in [-0.4, -0.2) is 21.2 Å². The smallest absolute Gasteiger partial charge is 0.163 e. The second-order valence-electron chi connectivity index (χ2n) is 2.41. The van der Waals surface area contributed by atoms with Gasteiger partial charge in [0.25, 0.3) is 0 Å². The summed E-state index contributed by atoms with van der Waals surface area (Å²) in [6, 6.07) is 3.68. The first-order valence-corrected chi connectivity index (χ1v) is 3.77. The number of anilines is 1. The molecule has 2 aromatic rings. The van der Waals surface area contributed by atoms with E-state index in [0.717, 1.165) is 5.52 Å². The first-order valence-electron chi connectivity index (χ1n) is 3.77. The fourth-order valence-corrected chi connectivity index (χ4v) is 1.13. The molecule has 0 spiro atoms. The van der Waals surface area contributed by atoms with Gasteiger partial charge in [-0.15, -0.1) is 4.63 Å². The molecule has 0 unspecified atom stereocenters. The Hall–Kier alpha value is -1.65. The van der Waals surface area contributed by atoms with Crippen LogP contribution in [-0.2, 0) is 0 Å². The molecule has 0 saturated carbocycles. The molecule has 64 valence electrons. The molecule has 0 aliphatic carbocycles. The maximum Gasteiger partial charge on any atom is 0.163 e. The van der Waals surface area contributed by atoms with Crippen LogP contribution in [0, 0.1) is 0 Å². The molecule has 5 heteroatoms. The second-order valence-corrected chi connectivity index (χ2v) is 2.41. The molecule has 2 rings (SSSR count). The monoisotopic (exact) mass is 166 g/mol. The predicted octanol–water partition coefficient (Wildman–Crippen LogP) is 0.166. The zero-order chi connectivity index (χ0) is 8.55. The Balaban J connectivity index is 2.59. The molecule has 0 aromatic carbocycles. The quantitative estimate of drug-likeness (QED) is 0.691. The van der Waals surface area contributed by atoms with Crippen LogP contribution in [0.4, 0.5) is 5.82 Å². The lowest BCUT2D eigenvalue weighted by atomic mass is 10.5. The van der Waals surface area contributed by atoms with Crippen LogP contribution in [0.25, 0.3) is 5.52 Å². The average molecular weight is 166 g/mol. The van der Waals surface area contributed by atoms with E-state index in [1.165, 1.54) is 4.85 Å². The van der Waals surface area contributed by atoms with Crippen molar-refractivity contribution < 1.29 is 4.84 Å². The molecular weight excluding hydrogens is 156 g/mol. The number of fused-ring (bicyclic) bond motifs is 1. The van der Waals surface area contributed by atoms with E-state index in [4.69, 9.17) is 10.6 Å². The van der Waals surface area contributed by atoms with E-state index in [2.05, 4.69) is 5.10 Å². The molecule has 0 aliphatic rings. The summed E-state index contributed by atoms with van der Waals surface area (Å²) in [6.45, 7) is 2.46. The molecule has 2 aromatic heterocycles. The molecule has 0 atom stereocenters. The Morgan fingerprint density at radius 3 is 3.25 bits per heavy atom. The molecule has 0 fully saturated rings. The van der Waals surface area contributed by atoms with Gasteiger partial charge in [0.05, 0.1) is 11.7 Å². The van der Waals surface area contributed by atoms with Crippen molar-refractivity contribution in [1.29, 1.82) is 0 Å². The molecule has 0 aliphatic heterocycles. The minimum Gasteiger partial charge on any atom is -0.395 e. The number of nitrogens with two attached hydrogens (primary N) is 1. The topological polar surface area (TPSA) is 57.5 Å². The van der Waals surface area contributed by atoms with Crippen LogP contribution in [0.5, 0.6) is 0 Å². The number of aromatic nitrogens is 3. The van der Waals surface area contributed by atoms with Crippen LogP contribution < -0.4 is 10.6 Å². The minimum absolute atomic E-state index is 0.556. The molecule has 0 bridgehead atoms. The average Bonchev–Trinajstić information content (AvgIpc) is 2.56. The zero-order valence-corrected chi connectivity index (χ0v) is 6.77. The van der Waals surface area contributed by atoms with Crippen LogP contribution in [0.1, 0.15) is 6.92 Å². The van der Waals surface area contributed by atoms with Gasteiger partial charge < -0.3 is 10.6 Å². The van der Waals surface area contributed by atoms with Crippen molar-refractivity contribution in [2.45, 2.75) is 6.92 Å². The number of hydrogen-bond acceptors (Lipinski definition) is 3.